The third-order valence-corrected chi connectivity index (χ3v) is 5.84. The van der Waals surface area contributed by atoms with E-state index in [-0.39, 0.29) is 12.6 Å². The van der Waals surface area contributed by atoms with Gasteiger partial charge in [0.15, 0.2) is 5.05 Å². The fourth-order valence-electron chi connectivity index (χ4n) is 3.43. The van der Waals surface area contributed by atoms with Crippen molar-refractivity contribution in [1.82, 2.24) is 0 Å². The summed E-state index contributed by atoms with van der Waals surface area (Å²) < 4.78 is 22.6. The summed E-state index contributed by atoms with van der Waals surface area (Å²) in [6.45, 7) is 5.40. The first kappa shape index (κ1) is 28.7. The van der Waals surface area contributed by atoms with E-state index in [0.29, 0.717) is 49.0 Å². The number of carbonyl (C=O) groups is 1. The van der Waals surface area contributed by atoms with Crippen LogP contribution in [0, 0.1) is 0 Å². The molecule has 0 fully saturated rings. The van der Waals surface area contributed by atoms with Crippen LogP contribution in [0.1, 0.15) is 37.8 Å². The number of carbonyl (C=O) groups excluding carboxylic acids is 1. The molecule has 0 bridgehead atoms. The lowest BCUT2D eigenvalue weighted by atomic mass is 10.1. The van der Waals surface area contributed by atoms with Crippen molar-refractivity contribution in [3.63, 3.8) is 0 Å². The van der Waals surface area contributed by atoms with Crippen molar-refractivity contribution in [2.24, 2.45) is 0 Å². The first-order valence-electron chi connectivity index (χ1n) is 12.7. The van der Waals surface area contributed by atoms with Gasteiger partial charge in [0.1, 0.15) is 11.5 Å². The molecule has 0 amide bonds. The first-order chi connectivity index (χ1) is 18.5. The van der Waals surface area contributed by atoms with Crippen molar-refractivity contribution in [2.75, 3.05) is 26.4 Å². The zero-order chi connectivity index (χ0) is 27.0. The molecule has 0 aliphatic heterocycles. The van der Waals surface area contributed by atoms with E-state index in [1.165, 1.54) is 0 Å². The van der Waals surface area contributed by atoms with Gasteiger partial charge in [-0.05, 0) is 61.5 Å². The van der Waals surface area contributed by atoms with Crippen LogP contribution in [0.15, 0.2) is 96.1 Å². The molecule has 0 aliphatic rings. The van der Waals surface area contributed by atoms with Crippen LogP contribution < -0.4 is 9.47 Å². The molecule has 0 unspecified atom stereocenters. The average molecular weight is 531 g/mol. The second-order valence-electron chi connectivity index (χ2n) is 8.63. The number of esters is 1. The first-order valence-corrected chi connectivity index (χ1v) is 13.1. The molecular weight excluding hydrogens is 496 g/mol. The molecule has 0 N–H and O–H groups in total. The predicted octanol–water partition coefficient (Wildman–Crippen LogP) is 7.32. The summed E-state index contributed by atoms with van der Waals surface area (Å²) >= 11 is 5.37. The number of benzene rings is 3. The van der Waals surface area contributed by atoms with Crippen molar-refractivity contribution in [2.45, 2.75) is 26.7 Å². The summed E-state index contributed by atoms with van der Waals surface area (Å²) in [5, 5.41) is 0.498. The molecule has 0 atom stereocenters. The third kappa shape index (κ3) is 10.6. The monoisotopic (exact) mass is 530 g/mol. The summed E-state index contributed by atoms with van der Waals surface area (Å²) in [6.07, 6.45) is 5.12. The highest BCUT2D eigenvalue weighted by Gasteiger charge is 2.06. The van der Waals surface area contributed by atoms with Gasteiger partial charge in [-0.15, -0.1) is 0 Å². The molecule has 5 nitrogen and oxygen atoms in total. The van der Waals surface area contributed by atoms with Crippen LogP contribution in [0.2, 0.25) is 0 Å². The van der Waals surface area contributed by atoms with E-state index in [4.69, 9.17) is 31.2 Å². The zero-order valence-corrected chi connectivity index (χ0v) is 22.7. The maximum absolute atomic E-state index is 12.2. The molecule has 0 aliphatic carbocycles. The minimum absolute atomic E-state index is 0.289. The smallest absolute Gasteiger partial charge is 0.333 e. The quantitative estimate of drug-likeness (QED) is 0.0942. The van der Waals surface area contributed by atoms with Crippen LogP contribution in [0.4, 0.5) is 0 Å². The van der Waals surface area contributed by atoms with Gasteiger partial charge in [0.2, 0.25) is 0 Å². The summed E-state index contributed by atoms with van der Waals surface area (Å²) in [6, 6.07) is 27.2. The number of hydrogen-bond acceptors (Lipinski definition) is 6. The standard InChI is InChI=1S/C32H34O5S/c1-25(22-27-12-5-3-6-13-27)31(33)36-20-10-18-34-29-16-9-17-30(24-29)35-19-11-21-37-32(38)26(2)23-28-14-7-4-8-15-28/h3-9,12-17,22-24H,10-11,18-21H2,1-2H3. The molecular formula is C32H34O5S. The zero-order valence-electron chi connectivity index (χ0n) is 21.9. The van der Waals surface area contributed by atoms with Gasteiger partial charge < -0.3 is 18.9 Å². The second kappa shape index (κ2) is 16.0. The van der Waals surface area contributed by atoms with Gasteiger partial charge in [-0.1, -0.05) is 66.7 Å². The van der Waals surface area contributed by atoms with Crippen molar-refractivity contribution >= 4 is 35.4 Å². The van der Waals surface area contributed by atoms with Crippen molar-refractivity contribution in [3.8, 4) is 11.5 Å². The normalized spacial score (nSPS) is 11.5. The Hall–Kier alpha value is -3.90. The summed E-state index contributed by atoms with van der Waals surface area (Å²) in [4.78, 5) is 12.2. The van der Waals surface area contributed by atoms with Crippen LogP contribution in [-0.2, 0) is 14.3 Å². The number of hydrogen-bond donors (Lipinski definition) is 0. The molecule has 0 saturated carbocycles. The topological polar surface area (TPSA) is 54.0 Å². The lowest BCUT2D eigenvalue weighted by molar-refractivity contribution is -0.139. The Bertz CT molecular complexity index is 1130. The second-order valence-corrected chi connectivity index (χ2v) is 9.00. The largest absolute Gasteiger partial charge is 0.493 e. The Morgan fingerprint density at radius 3 is 1.71 bits per heavy atom. The van der Waals surface area contributed by atoms with Gasteiger partial charge in [0.05, 0.1) is 26.4 Å². The van der Waals surface area contributed by atoms with Gasteiger partial charge in [0.25, 0.3) is 0 Å². The van der Waals surface area contributed by atoms with Gasteiger partial charge in [-0.2, -0.15) is 0 Å². The molecule has 6 heteroatoms. The molecule has 0 heterocycles. The summed E-state index contributed by atoms with van der Waals surface area (Å²) in [5.41, 5.74) is 3.54. The third-order valence-electron chi connectivity index (χ3n) is 5.40. The van der Waals surface area contributed by atoms with Crippen molar-refractivity contribution in [3.05, 3.63) is 107 Å². The molecule has 3 aromatic carbocycles. The molecule has 38 heavy (non-hydrogen) atoms. The fraction of sp³-hybridized carbons (Fsp3) is 0.250. The number of ether oxygens (including phenoxy) is 4. The maximum Gasteiger partial charge on any atom is 0.333 e. The van der Waals surface area contributed by atoms with Gasteiger partial charge in [0, 0.05) is 30.1 Å². The van der Waals surface area contributed by atoms with E-state index in [2.05, 4.69) is 0 Å². The minimum atomic E-state index is -0.323. The summed E-state index contributed by atoms with van der Waals surface area (Å²) in [5.74, 6) is 1.10. The van der Waals surface area contributed by atoms with Crippen LogP contribution >= 0.6 is 12.2 Å². The Labute approximate surface area is 230 Å². The van der Waals surface area contributed by atoms with E-state index in [1.54, 1.807) is 6.92 Å². The minimum Gasteiger partial charge on any atom is -0.493 e. The average Bonchev–Trinajstić information content (AvgIpc) is 2.93. The Balaban J connectivity index is 1.29. The highest BCUT2D eigenvalue weighted by molar-refractivity contribution is 7.80. The van der Waals surface area contributed by atoms with E-state index in [0.717, 1.165) is 22.4 Å². The highest BCUT2D eigenvalue weighted by Crippen LogP contribution is 2.20. The maximum atomic E-state index is 12.2. The van der Waals surface area contributed by atoms with Gasteiger partial charge >= 0.3 is 5.97 Å². The fourth-order valence-corrected chi connectivity index (χ4v) is 3.57. The van der Waals surface area contributed by atoms with Crippen molar-refractivity contribution < 1.29 is 23.7 Å². The Morgan fingerprint density at radius 2 is 1.16 bits per heavy atom. The SMILES string of the molecule is CC(=Cc1ccccc1)C(=O)OCCCOc1cccc(OCCCOC(=S)C(C)=Cc2ccccc2)c1. The van der Waals surface area contributed by atoms with E-state index in [9.17, 15) is 4.79 Å². The Kier molecular flexibility index (Phi) is 12.1. The van der Waals surface area contributed by atoms with E-state index >= 15 is 0 Å². The van der Waals surface area contributed by atoms with Crippen LogP contribution in [0.5, 0.6) is 11.5 Å². The predicted molar refractivity (Wildman–Crippen MR) is 156 cm³/mol. The number of rotatable bonds is 14. The van der Waals surface area contributed by atoms with E-state index in [1.807, 2.05) is 104 Å². The molecule has 0 aromatic heterocycles. The molecule has 198 valence electrons. The summed E-state index contributed by atoms with van der Waals surface area (Å²) in [7, 11) is 0. The molecule has 3 aromatic rings. The number of thiocarbonyl (C=S) groups is 1. The molecule has 0 radical (unpaired) electrons. The molecule has 3 rings (SSSR count). The van der Waals surface area contributed by atoms with Crippen molar-refractivity contribution in [1.29, 1.82) is 0 Å². The van der Waals surface area contributed by atoms with Crippen LogP contribution in [-0.4, -0.2) is 37.4 Å². The highest BCUT2D eigenvalue weighted by atomic mass is 32.1. The van der Waals surface area contributed by atoms with Gasteiger partial charge in [-0.25, -0.2) is 4.79 Å². The van der Waals surface area contributed by atoms with Crippen LogP contribution in [0.25, 0.3) is 12.2 Å². The van der Waals surface area contributed by atoms with E-state index < -0.39 is 0 Å². The van der Waals surface area contributed by atoms with Gasteiger partial charge in [-0.3, -0.25) is 0 Å². The lowest BCUT2D eigenvalue weighted by Crippen LogP contribution is -2.10. The molecule has 0 saturated heterocycles. The Morgan fingerprint density at radius 1 is 0.658 bits per heavy atom. The van der Waals surface area contributed by atoms with Crippen LogP contribution in [0.3, 0.4) is 0 Å². The lowest BCUT2D eigenvalue weighted by Gasteiger charge is -2.11. The molecule has 0 spiro atoms.